The van der Waals surface area contributed by atoms with Crippen molar-refractivity contribution in [2.45, 2.75) is 13.0 Å². The third-order valence-corrected chi connectivity index (χ3v) is 3.92. The second-order valence-electron chi connectivity index (χ2n) is 5.66. The molecule has 2 aromatic carbocycles. The molecule has 25 heavy (non-hydrogen) atoms. The zero-order valence-electron chi connectivity index (χ0n) is 13.6. The summed E-state index contributed by atoms with van der Waals surface area (Å²) in [7, 11) is 0. The lowest BCUT2D eigenvalue weighted by atomic mass is 10.0. The molecule has 0 saturated heterocycles. The predicted octanol–water partition coefficient (Wildman–Crippen LogP) is 2.57. The number of urea groups is 1. The van der Waals surface area contributed by atoms with E-state index in [2.05, 4.69) is 34.9 Å². The Morgan fingerprint density at radius 2 is 1.84 bits per heavy atom. The molecule has 0 atom stereocenters. The molecule has 1 aromatic heterocycles. The van der Waals surface area contributed by atoms with E-state index in [4.69, 9.17) is 10.2 Å². The summed E-state index contributed by atoms with van der Waals surface area (Å²) in [6.07, 6.45) is 2.01. The molecule has 128 valence electrons. The third kappa shape index (κ3) is 4.17. The number of carbonyl (C=O) groups excluding carboxylic acids is 2. The van der Waals surface area contributed by atoms with Crippen molar-refractivity contribution in [1.29, 1.82) is 0 Å². The van der Waals surface area contributed by atoms with Crippen LogP contribution in [-0.2, 0) is 13.0 Å². The number of primary amides is 1. The zero-order chi connectivity index (χ0) is 17.6. The van der Waals surface area contributed by atoms with Crippen molar-refractivity contribution in [3.05, 3.63) is 71.7 Å². The smallest absolute Gasteiger partial charge is 0.315 e. The largest absolute Gasteiger partial charge is 0.467 e. The van der Waals surface area contributed by atoms with Gasteiger partial charge in [0.2, 0.25) is 0 Å². The molecule has 6 nitrogen and oxygen atoms in total. The van der Waals surface area contributed by atoms with E-state index < -0.39 is 5.91 Å². The summed E-state index contributed by atoms with van der Waals surface area (Å²) < 4.78 is 5.16. The van der Waals surface area contributed by atoms with Crippen LogP contribution in [0.5, 0.6) is 0 Å². The normalized spacial score (nSPS) is 10.6. The van der Waals surface area contributed by atoms with Crippen LogP contribution in [0.1, 0.15) is 21.7 Å². The fourth-order valence-electron chi connectivity index (χ4n) is 2.65. The van der Waals surface area contributed by atoms with Crippen molar-refractivity contribution in [1.82, 2.24) is 10.6 Å². The summed E-state index contributed by atoms with van der Waals surface area (Å²) in [5, 5.41) is 7.87. The van der Waals surface area contributed by atoms with Crippen LogP contribution in [0.3, 0.4) is 0 Å². The van der Waals surface area contributed by atoms with E-state index in [0.717, 1.165) is 6.42 Å². The summed E-state index contributed by atoms with van der Waals surface area (Å²) in [5.74, 6) is -0.0902. The maximum Gasteiger partial charge on any atom is 0.315 e. The number of nitrogens with two attached hydrogens (primary N) is 1. The molecule has 0 aliphatic carbocycles. The molecule has 0 radical (unpaired) electrons. The van der Waals surface area contributed by atoms with Gasteiger partial charge < -0.3 is 20.8 Å². The molecule has 0 fully saturated rings. The standard InChI is InChI=1S/C19H19N3O3/c20-18(23)15-10-16(25-12-15)11-22-19(24)21-9-8-14-6-3-5-13-4-1-2-7-17(13)14/h1-7,10,12H,8-9,11H2,(H2,20,23)(H2,21,22,24). The number of nitrogens with one attached hydrogen (secondary N) is 2. The van der Waals surface area contributed by atoms with Gasteiger partial charge in [0.1, 0.15) is 12.0 Å². The Hall–Kier alpha value is -3.28. The fourth-order valence-corrected chi connectivity index (χ4v) is 2.65. The quantitative estimate of drug-likeness (QED) is 0.645. The van der Waals surface area contributed by atoms with Gasteiger partial charge in [-0.25, -0.2) is 4.79 Å². The highest BCUT2D eigenvalue weighted by Crippen LogP contribution is 2.18. The molecule has 3 aromatic rings. The number of hydrogen-bond donors (Lipinski definition) is 3. The predicted molar refractivity (Wildman–Crippen MR) is 95.1 cm³/mol. The Bertz CT molecular complexity index is 896. The highest BCUT2D eigenvalue weighted by molar-refractivity contribution is 5.92. The molecular weight excluding hydrogens is 318 g/mol. The summed E-state index contributed by atoms with van der Waals surface area (Å²) in [4.78, 5) is 22.8. The highest BCUT2D eigenvalue weighted by atomic mass is 16.3. The molecule has 1 heterocycles. The van der Waals surface area contributed by atoms with Gasteiger partial charge in [-0.05, 0) is 28.8 Å². The van der Waals surface area contributed by atoms with Gasteiger partial charge in [-0.2, -0.15) is 0 Å². The SMILES string of the molecule is NC(=O)c1coc(CNC(=O)NCCc2cccc3ccccc23)c1. The summed E-state index contributed by atoms with van der Waals surface area (Å²) >= 11 is 0. The minimum absolute atomic E-state index is 0.188. The average molecular weight is 337 g/mol. The van der Waals surface area contributed by atoms with Crippen molar-refractivity contribution in [3.63, 3.8) is 0 Å². The van der Waals surface area contributed by atoms with Crippen LogP contribution in [0.15, 0.2) is 59.2 Å². The van der Waals surface area contributed by atoms with E-state index in [1.807, 2.05) is 18.2 Å². The average Bonchev–Trinajstić information content (AvgIpc) is 3.09. The van der Waals surface area contributed by atoms with Crippen molar-refractivity contribution >= 4 is 22.7 Å². The molecule has 0 spiro atoms. The zero-order valence-corrected chi connectivity index (χ0v) is 13.6. The van der Waals surface area contributed by atoms with E-state index in [1.54, 1.807) is 0 Å². The highest BCUT2D eigenvalue weighted by Gasteiger charge is 2.08. The second-order valence-corrected chi connectivity index (χ2v) is 5.66. The lowest BCUT2D eigenvalue weighted by Gasteiger charge is -2.08. The van der Waals surface area contributed by atoms with Gasteiger partial charge >= 0.3 is 6.03 Å². The van der Waals surface area contributed by atoms with E-state index in [1.165, 1.54) is 28.7 Å². The number of carbonyl (C=O) groups is 2. The van der Waals surface area contributed by atoms with Crippen LogP contribution >= 0.6 is 0 Å². The summed E-state index contributed by atoms with van der Waals surface area (Å²) in [6.45, 7) is 0.706. The molecule has 0 bridgehead atoms. The number of rotatable bonds is 6. The Balaban J connectivity index is 1.48. The van der Waals surface area contributed by atoms with Crippen LogP contribution in [0.4, 0.5) is 4.79 Å². The first-order valence-corrected chi connectivity index (χ1v) is 7.99. The summed E-state index contributed by atoms with van der Waals surface area (Å²) in [5.41, 5.74) is 6.62. The molecule has 0 aliphatic rings. The maximum absolute atomic E-state index is 11.9. The van der Waals surface area contributed by atoms with Gasteiger partial charge in [0.05, 0.1) is 12.1 Å². The van der Waals surface area contributed by atoms with Gasteiger partial charge in [-0.15, -0.1) is 0 Å². The van der Waals surface area contributed by atoms with Crippen molar-refractivity contribution in [3.8, 4) is 0 Å². The number of hydrogen-bond acceptors (Lipinski definition) is 3. The van der Waals surface area contributed by atoms with Gasteiger partial charge in [-0.1, -0.05) is 42.5 Å². The van der Waals surface area contributed by atoms with Crippen molar-refractivity contribution in [2.75, 3.05) is 6.54 Å². The molecule has 0 unspecified atom stereocenters. The molecule has 6 heteroatoms. The monoisotopic (exact) mass is 337 g/mol. The number of fused-ring (bicyclic) bond motifs is 1. The van der Waals surface area contributed by atoms with Crippen LogP contribution in [0.2, 0.25) is 0 Å². The van der Waals surface area contributed by atoms with Crippen LogP contribution in [0, 0.1) is 0 Å². The third-order valence-electron chi connectivity index (χ3n) is 3.92. The Morgan fingerprint density at radius 1 is 1.04 bits per heavy atom. The fraction of sp³-hybridized carbons (Fsp3) is 0.158. The molecule has 3 amide bonds. The second kappa shape index (κ2) is 7.53. The van der Waals surface area contributed by atoms with Crippen LogP contribution in [0.25, 0.3) is 10.8 Å². The number of benzene rings is 2. The molecule has 0 aliphatic heterocycles. The van der Waals surface area contributed by atoms with E-state index in [-0.39, 0.29) is 18.1 Å². The summed E-state index contributed by atoms with van der Waals surface area (Å²) in [6, 6.07) is 15.5. The number of amides is 3. The van der Waals surface area contributed by atoms with Gasteiger partial charge in [0.15, 0.2) is 0 Å². The minimum atomic E-state index is -0.561. The molecule has 4 N–H and O–H groups in total. The van der Waals surface area contributed by atoms with Crippen LogP contribution in [-0.4, -0.2) is 18.5 Å². The van der Waals surface area contributed by atoms with Gasteiger partial charge in [0.25, 0.3) is 5.91 Å². The van der Waals surface area contributed by atoms with E-state index >= 15 is 0 Å². The maximum atomic E-state index is 11.9. The topological polar surface area (TPSA) is 97.4 Å². The molecular formula is C19H19N3O3. The first-order valence-electron chi connectivity index (χ1n) is 7.99. The van der Waals surface area contributed by atoms with Crippen molar-refractivity contribution in [2.24, 2.45) is 5.73 Å². The lowest BCUT2D eigenvalue weighted by Crippen LogP contribution is -2.36. The van der Waals surface area contributed by atoms with Gasteiger partial charge in [-0.3, -0.25) is 4.79 Å². The van der Waals surface area contributed by atoms with Crippen LogP contribution < -0.4 is 16.4 Å². The minimum Gasteiger partial charge on any atom is -0.467 e. The van der Waals surface area contributed by atoms with Crippen molar-refractivity contribution < 1.29 is 14.0 Å². The molecule has 0 saturated carbocycles. The Morgan fingerprint density at radius 3 is 2.64 bits per heavy atom. The van der Waals surface area contributed by atoms with Gasteiger partial charge in [0, 0.05) is 6.54 Å². The first-order chi connectivity index (χ1) is 12.1. The lowest BCUT2D eigenvalue weighted by molar-refractivity contribution is 0.0999. The van der Waals surface area contributed by atoms with E-state index in [9.17, 15) is 9.59 Å². The number of furan rings is 1. The van der Waals surface area contributed by atoms with E-state index in [0.29, 0.717) is 12.3 Å². The Labute approximate surface area is 145 Å². The molecule has 3 rings (SSSR count). The first kappa shape index (κ1) is 16.6. The Kier molecular flexibility index (Phi) is 4.99.